The molecule has 90 valence electrons. The number of nitrogens with zero attached hydrogens (tertiary/aromatic N) is 1. The molecular formula is C12H20N2O2. The molecule has 0 bridgehead atoms. The minimum absolute atomic E-state index is 0.132. The number of nitriles is 1. The van der Waals surface area contributed by atoms with E-state index in [1.807, 2.05) is 0 Å². The smallest absolute Gasteiger partial charge is 0.119 e. The van der Waals surface area contributed by atoms with E-state index in [0.29, 0.717) is 18.6 Å². The topological polar surface area (TPSA) is 54.3 Å². The van der Waals surface area contributed by atoms with Crippen LogP contribution >= 0.6 is 0 Å². The van der Waals surface area contributed by atoms with Crippen LogP contribution in [0.25, 0.3) is 0 Å². The van der Waals surface area contributed by atoms with Gasteiger partial charge in [-0.15, -0.1) is 0 Å². The largest absolute Gasteiger partial charge is 0.381 e. The molecule has 2 fully saturated rings. The molecule has 1 saturated carbocycles. The standard InChI is InChI=1S/C12H20N2O2/c13-7-12(14-11-1-2-11)9-16-8-10-3-5-15-6-4-10/h10-12,14H,1-6,8-9H2. The van der Waals surface area contributed by atoms with E-state index >= 15 is 0 Å². The molecule has 1 aliphatic carbocycles. The molecule has 0 aromatic carbocycles. The van der Waals surface area contributed by atoms with E-state index in [-0.39, 0.29) is 6.04 Å². The summed E-state index contributed by atoms with van der Waals surface area (Å²) >= 11 is 0. The Morgan fingerprint density at radius 1 is 1.31 bits per heavy atom. The molecule has 0 aromatic heterocycles. The summed E-state index contributed by atoms with van der Waals surface area (Å²) in [6, 6.07) is 2.68. The minimum Gasteiger partial charge on any atom is -0.381 e. The highest BCUT2D eigenvalue weighted by Gasteiger charge is 2.24. The zero-order chi connectivity index (χ0) is 11.2. The van der Waals surface area contributed by atoms with Gasteiger partial charge in [0.25, 0.3) is 0 Å². The highest BCUT2D eigenvalue weighted by atomic mass is 16.5. The van der Waals surface area contributed by atoms with Crippen LogP contribution in [0.5, 0.6) is 0 Å². The van der Waals surface area contributed by atoms with Crippen LogP contribution in [0, 0.1) is 17.2 Å². The van der Waals surface area contributed by atoms with Gasteiger partial charge in [0.15, 0.2) is 0 Å². The summed E-state index contributed by atoms with van der Waals surface area (Å²) in [5, 5.41) is 12.2. The Kier molecular flexibility index (Phi) is 4.58. The number of hydrogen-bond acceptors (Lipinski definition) is 4. The summed E-state index contributed by atoms with van der Waals surface area (Å²) in [5.41, 5.74) is 0. The Balaban J connectivity index is 1.56. The molecule has 1 N–H and O–H groups in total. The highest BCUT2D eigenvalue weighted by Crippen LogP contribution is 2.19. The van der Waals surface area contributed by atoms with Crippen molar-refractivity contribution in [1.82, 2.24) is 5.32 Å². The molecule has 0 radical (unpaired) electrons. The van der Waals surface area contributed by atoms with Crippen LogP contribution in [0.3, 0.4) is 0 Å². The molecule has 1 heterocycles. The lowest BCUT2D eigenvalue weighted by molar-refractivity contribution is 0.0182. The first-order valence-corrected chi connectivity index (χ1v) is 6.19. The number of rotatable bonds is 6. The summed E-state index contributed by atoms with van der Waals surface area (Å²) in [7, 11) is 0. The molecule has 1 saturated heterocycles. The van der Waals surface area contributed by atoms with Gasteiger partial charge in [0.1, 0.15) is 6.04 Å². The van der Waals surface area contributed by atoms with Crippen LogP contribution in [0.4, 0.5) is 0 Å². The first kappa shape index (κ1) is 11.8. The van der Waals surface area contributed by atoms with Crippen molar-refractivity contribution in [2.75, 3.05) is 26.4 Å². The predicted molar refractivity (Wildman–Crippen MR) is 59.9 cm³/mol. The monoisotopic (exact) mass is 224 g/mol. The average Bonchev–Trinajstić information content (AvgIpc) is 3.13. The third-order valence-corrected chi connectivity index (χ3v) is 3.15. The van der Waals surface area contributed by atoms with Crippen LogP contribution in [0.2, 0.25) is 0 Å². The summed E-state index contributed by atoms with van der Waals surface area (Å²) in [6.07, 6.45) is 4.59. The Hall–Kier alpha value is -0.630. The van der Waals surface area contributed by atoms with Gasteiger partial charge in [0, 0.05) is 25.9 Å². The first-order valence-electron chi connectivity index (χ1n) is 6.19. The van der Waals surface area contributed by atoms with Gasteiger partial charge in [-0.3, -0.25) is 5.32 Å². The van der Waals surface area contributed by atoms with E-state index in [4.69, 9.17) is 14.7 Å². The van der Waals surface area contributed by atoms with Gasteiger partial charge < -0.3 is 9.47 Å². The second kappa shape index (κ2) is 6.19. The fourth-order valence-corrected chi connectivity index (χ4v) is 1.92. The van der Waals surface area contributed by atoms with Gasteiger partial charge in [0.2, 0.25) is 0 Å². The maximum absolute atomic E-state index is 8.93. The van der Waals surface area contributed by atoms with E-state index in [1.54, 1.807) is 0 Å². The van der Waals surface area contributed by atoms with E-state index in [2.05, 4.69) is 11.4 Å². The predicted octanol–water partition coefficient (Wildman–Crippen LogP) is 1.07. The van der Waals surface area contributed by atoms with Crippen molar-refractivity contribution in [2.24, 2.45) is 5.92 Å². The molecule has 4 nitrogen and oxygen atoms in total. The van der Waals surface area contributed by atoms with Crippen LogP contribution in [-0.4, -0.2) is 38.5 Å². The normalized spacial score (nSPS) is 23.9. The maximum atomic E-state index is 8.93. The van der Waals surface area contributed by atoms with Crippen molar-refractivity contribution in [3.63, 3.8) is 0 Å². The molecule has 0 amide bonds. The van der Waals surface area contributed by atoms with Crippen LogP contribution < -0.4 is 5.32 Å². The molecule has 1 atom stereocenters. The molecule has 1 aliphatic heterocycles. The molecule has 4 heteroatoms. The minimum atomic E-state index is -0.132. The molecule has 0 spiro atoms. The lowest BCUT2D eigenvalue weighted by Crippen LogP contribution is -2.34. The van der Waals surface area contributed by atoms with E-state index in [0.717, 1.165) is 32.7 Å². The Bertz CT molecular complexity index is 242. The van der Waals surface area contributed by atoms with Gasteiger partial charge in [-0.1, -0.05) is 0 Å². The van der Waals surface area contributed by atoms with Crippen molar-refractivity contribution < 1.29 is 9.47 Å². The summed E-state index contributed by atoms with van der Waals surface area (Å²) in [4.78, 5) is 0. The fraction of sp³-hybridized carbons (Fsp3) is 0.917. The van der Waals surface area contributed by atoms with Crippen LogP contribution in [0.1, 0.15) is 25.7 Å². The molecular weight excluding hydrogens is 204 g/mol. The highest BCUT2D eigenvalue weighted by molar-refractivity contribution is 4.95. The first-order chi connectivity index (χ1) is 7.88. The second-order valence-electron chi connectivity index (χ2n) is 4.72. The van der Waals surface area contributed by atoms with Gasteiger partial charge in [-0.2, -0.15) is 5.26 Å². The molecule has 1 unspecified atom stereocenters. The van der Waals surface area contributed by atoms with Crippen molar-refractivity contribution >= 4 is 0 Å². The Labute approximate surface area is 96.9 Å². The van der Waals surface area contributed by atoms with Crippen molar-refractivity contribution in [3.8, 4) is 6.07 Å². The number of nitrogens with one attached hydrogen (secondary N) is 1. The van der Waals surface area contributed by atoms with E-state index in [1.165, 1.54) is 12.8 Å². The summed E-state index contributed by atoms with van der Waals surface area (Å²) in [5.74, 6) is 0.619. The SMILES string of the molecule is N#CC(COCC1CCOCC1)NC1CC1. The molecule has 2 aliphatic rings. The van der Waals surface area contributed by atoms with Crippen LogP contribution in [0.15, 0.2) is 0 Å². The molecule has 0 aromatic rings. The molecule has 2 rings (SSSR count). The lowest BCUT2D eigenvalue weighted by Gasteiger charge is -2.22. The van der Waals surface area contributed by atoms with E-state index < -0.39 is 0 Å². The van der Waals surface area contributed by atoms with Crippen molar-refractivity contribution in [3.05, 3.63) is 0 Å². The Morgan fingerprint density at radius 3 is 2.69 bits per heavy atom. The second-order valence-corrected chi connectivity index (χ2v) is 4.72. The van der Waals surface area contributed by atoms with Crippen molar-refractivity contribution in [1.29, 1.82) is 5.26 Å². The quantitative estimate of drug-likeness (QED) is 0.733. The number of ether oxygens (including phenoxy) is 2. The summed E-state index contributed by atoms with van der Waals surface area (Å²) in [6.45, 7) is 3.00. The van der Waals surface area contributed by atoms with Gasteiger partial charge in [-0.05, 0) is 31.6 Å². The van der Waals surface area contributed by atoms with Gasteiger partial charge >= 0.3 is 0 Å². The fourth-order valence-electron chi connectivity index (χ4n) is 1.92. The third kappa shape index (κ3) is 4.09. The summed E-state index contributed by atoms with van der Waals surface area (Å²) < 4.78 is 10.9. The zero-order valence-electron chi connectivity index (χ0n) is 9.65. The number of hydrogen-bond donors (Lipinski definition) is 1. The van der Waals surface area contributed by atoms with Crippen LogP contribution in [-0.2, 0) is 9.47 Å². The average molecular weight is 224 g/mol. The lowest BCUT2D eigenvalue weighted by atomic mass is 10.0. The van der Waals surface area contributed by atoms with Crippen molar-refractivity contribution in [2.45, 2.75) is 37.8 Å². The van der Waals surface area contributed by atoms with E-state index in [9.17, 15) is 0 Å². The third-order valence-electron chi connectivity index (χ3n) is 3.15. The van der Waals surface area contributed by atoms with Gasteiger partial charge in [-0.25, -0.2) is 0 Å². The zero-order valence-corrected chi connectivity index (χ0v) is 9.65. The molecule has 16 heavy (non-hydrogen) atoms. The Morgan fingerprint density at radius 2 is 2.06 bits per heavy atom. The maximum Gasteiger partial charge on any atom is 0.119 e. The van der Waals surface area contributed by atoms with Gasteiger partial charge in [0.05, 0.1) is 12.7 Å².